The number of alkyl halides is 6. The Labute approximate surface area is 226 Å². The second-order valence-corrected chi connectivity index (χ2v) is 8.89. The van der Waals surface area contributed by atoms with Crippen molar-refractivity contribution >= 4 is 20.2 Å². The number of rotatable bonds is 2. The van der Waals surface area contributed by atoms with E-state index in [1.54, 1.807) is 24.8 Å². The van der Waals surface area contributed by atoms with E-state index in [-0.39, 0.29) is 17.1 Å². The van der Waals surface area contributed by atoms with E-state index in [0.717, 1.165) is 22.8 Å². The average molecular weight is 643 g/mol. The molecule has 0 atom stereocenters. The van der Waals surface area contributed by atoms with Crippen molar-refractivity contribution < 1.29 is 69.4 Å². The molecule has 0 spiro atoms. The molecule has 39 heavy (non-hydrogen) atoms. The van der Waals surface area contributed by atoms with Crippen LogP contribution in [0.2, 0.25) is 0 Å². The minimum absolute atomic E-state index is 0. The van der Waals surface area contributed by atoms with Crippen molar-refractivity contribution in [1.82, 2.24) is 30.4 Å². The second kappa shape index (κ2) is 15.3. The molecule has 0 amide bonds. The van der Waals surface area contributed by atoms with Gasteiger partial charge in [-0.1, -0.05) is 12.1 Å². The van der Waals surface area contributed by atoms with Crippen LogP contribution in [0.3, 0.4) is 0 Å². The fraction of sp³-hybridized carbons (Fsp3) is 0.111. The third-order valence-corrected chi connectivity index (χ3v) is 4.56. The number of aromatic amines is 2. The molecule has 0 aliphatic carbocycles. The van der Waals surface area contributed by atoms with Gasteiger partial charge in [0.05, 0.1) is 11.4 Å². The van der Waals surface area contributed by atoms with Gasteiger partial charge in [-0.3, -0.25) is 20.2 Å². The summed E-state index contributed by atoms with van der Waals surface area (Å²) in [7, 11) is -12.2. The molecule has 0 aliphatic rings. The number of pyridine rings is 2. The number of hydrogen-bond acceptors (Lipinski definition) is 10. The van der Waals surface area contributed by atoms with Crippen LogP contribution in [-0.2, 0) is 37.3 Å². The molecule has 2 N–H and O–H groups in total. The van der Waals surface area contributed by atoms with Crippen molar-refractivity contribution in [3.63, 3.8) is 0 Å². The molecule has 12 nitrogen and oxygen atoms in total. The van der Waals surface area contributed by atoms with Gasteiger partial charge in [0.2, 0.25) is 0 Å². The molecule has 0 aromatic carbocycles. The normalized spacial score (nSPS) is 11.3. The van der Waals surface area contributed by atoms with E-state index in [0.29, 0.717) is 0 Å². The van der Waals surface area contributed by atoms with Gasteiger partial charge in [-0.15, -0.1) is 0 Å². The first-order valence-corrected chi connectivity index (χ1v) is 12.1. The molecule has 4 rings (SSSR count). The van der Waals surface area contributed by atoms with Crippen LogP contribution in [0.1, 0.15) is 0 Å². The predicted molar refractivity (Wildman–Crippen MR) is 115 cm³/mol. The van der Waals surface area contributed by atoms with Gasteiger partial charge in [-0.05, 0) is 36.4 Å². The first-order valence-electron chi connectivity index (χ1n) is 9.30. The van der Waals surface area contributed by atoms with Crippen LogP contribution < -0.4 is 0 Å². The first kappa shape index (κ1) is 35.6. The summed E-state index contributed by atoms with van der Waals surface area (Å²) in [6, 6.07) is 15.3. The summed E-state index contributed by atoms with van der Waals surface area (Å²) in [4.78, 5) is 8.28. The van der Waals surface area contributed by atoms with E-state index in [1.165, 1.54) is 0 Å². The van der Waals surface area contributed by atoms with Crippen molar-refractivity contribution in [3.8, 4) is 22.8 Å². The summed E-state index contributed by atoms with van der Waals surface area (Å²) in [5.41, 5.74) is -7.74. The van der Waals surface area contributed by atoms with Gasteiger partial charge in [0.15, 0.2) is 20.2 Å². The minimum Gasteiger partial charge on any atom is -0.741 e. The Kier molecular flexibility index (Phi) is 14.0. The number of aromatic nitrogens is 6. The zero-order valence-electron chi connectivity index (χ0n) is 18.6. The van der Waals surface area contributed by atoms with E-state index in [9.17, 15) is 26.3 Å². The molecule has 0 bridgehead atoms. The SMILES string of the molecule is O=S(=O)([O-])C(F)(F)F.O=S(=O)([O-])C(F)(F)F.[Mn+2].c1ccc(-c2cc[nH]n2)nc1.c1ccc(-c2cc[nH]n2)nc1. The molecule has 1 radical (unpaired) electrons. The van der Waals surface area contributed by atoms with Crippen LogP contribution >= 0.6 is 0 Å². The molecule has 0 saturated carbocycles. The van der Waals surface area contributed by atoms with E-state index >= 15 is 0 Å². The first-order chi connectivity index (χ1) is 17.4. The summed E-state index contributed by atoms with van der Waals surface area (Å²) in [5.74, 6) is 0. The van der Waals surface area contributed by atoms with Crippen molar-refractivity contribution in [2.24, 2.45) is 0 Å². The Morgan fingerprint density at radius 3 is 1.08 bits per heavy atom. The second-order valence-electron chi connectivity index (χ2n) is 6.15. The van der Waals surface area contributed by atoms with Gasteiger partial charge in [-0.2, -0.15) is 36.5 Å². The van der Waals surface area contributed by atoms with Crippen molar-refractivity contribution in [2.75, 3.05) is 0 Å². The van der Waals surface area contributed by atoms with E-state index in [2.05, 4.69) is 30.4 Å². The summed E-state index contributed by atoms with van der Waals surface area (Å²) < 4.78 is 118. The Hall–Kier alpha value is -3.36. The fourth-order valence-electron chi connectivity index (χ4n) is 1.83. The zero-order chi connectivity index (χ0) is 29.0. The van der Waals surface area contributed by atoms with E-state index < -0.39 is 31.3 Å². The molecule has 213 valence electrons. The topological polar surface area (TPSA) is 198 Å². The molecule has 0 saturated heterocycles. The number of hydrogen-bond donors (Lipinski definition) is 2. The molecule has 21 heteroatoms. The molecule has 0 aliphatic heterocycles. The van der Waals surface area contributed by atoms with Crippen LogP contribution in [-0.4, -0.2) is 67.3 Å². The molecular formula is C18H14F6MnN6O6S2. The molecule has 4 aromatic heterocycles. The molecular weight excluding hydrogens is 629 g/mol. The van der Waals surface area contributed by atoms with Crippen LogP contribution in [0.15, 0.2) is 73.3 Å². The number of H-pyrrole nitrogens is 2. The van der Waals surface area contributed by atoms with Gasteiger partial charge in [-0.25, -0.2) is 16.8 Å². The summed E-state index contributed by atoms with van der Waals surface area (Å²) in [5, 5.41) is 13.5. The largest absolute Gasteiger partial charge is 2.00 e. The number of nitrogens with zero attached hydrogens (tertiary/aromatic N) is 4. The molecule has 4 aromatic rings. The Balaban J connectivity index is 0.000000497. The third kappa shape index (κ3) is 13.3. The zero-order valence-corrected chi connectivity index (χ0v) is 21.4. The van der Waals surface area contributed by atoms with Crippen LogP contribution in [0.25, 0.3) is 22.8 Å². The maximum absolute atomic E-state index is 10.7. The van der Waals surface area contributed by atoms with Crippen molar-refractivity contribution in [1.29, 1.82) is 0 Å². The van der Waals surface area contributed by atoms with E-state index in [4.69, 9.17) is 25.9 Å². The van der Waals surface area contributed by atoms with E-state index in [1.807, 2.05) is 48.5 Å². The van der Waals surface area contributed by atoms with Crippen LogP contribution in [0, 0.1) is 0 Å². The molecule has 0 unspecified atom stereocenters. The molecule has 4 heterocycles. The molecule has 0 fully saturated rings. The van der Waals surface area contributed by atoms with Crippen LogP contribution in [0.5, 0.6) is 0 Å². The summed E-state index contributed by atoms with van der Waals surface area (Å²) >= 11 is 0. The smallest absolute Gasteiger partial charge is 0.741 e. The third-order valence-electron chi connectivity index (χ3n) is 3.42. The Bertz CT molecular complexity index is 1310. The average Bonchev–Trinajstić information content (AvgIpc) is 3.54. The fourth-order valence-corrected chi connectivity index (χ4v) is 1.83. The van der Waals surface area contributed by atoms with Gasteiger partial charge < -0.3 is 9.11 Å². The van der Waals surface area contributed by atoms with Gasteiger partial charge in [0, 0.05) is 24.8 Å². The van der Waals surface area contributed by atoms with Crippen molar-refractivity contribution in [3.05, 3.63) is 73.3 Å². The summed E-state index contributed by atoms with van der Waals surface area (Å²) in [6.45, 7) is 0. The van der Waals surface area contributed by atoms with Gasteiger partial charge in [0.1, 0.15) is 11.4 Å². The quantitative estimate of drug-likeness (QED) is 0.142. The number of halogens is 6. The number of nitrogens with one attached hydrogen (secondary N) is 2. The predicted octanol–water partition coefficient (Wildman–Crippen LogP) is 3.04. The Morgan fingerprint density at radius 2 is 0.897 bits per heavy atom. The van der Waals surface area contributed by atoms with Crippen LogP contribution in [0.4, 0.5) is 26.3 Å². The van der Waals surface area contributed by atoms with Gasteiger partial charge >= 0.3 is 28.1 Å². The van der Waals surface area contributed by atoms with Gasteiger partial charge in [0.25, 0.3) is 0 Å². The Morgan fingerprint density at radius 1 is 0.590 bits per heavy atom. The summed E-state index contributed by atoms with van der Waals surface area (Å²) in [6.07, 6.45) is 7.07. The standard InChI is InChI=1S/2C8H7N3.2CHF3O3S.Mn/c2*1-2-5-9-7(3-1)8-4-6-10-11-8;2*2-1(3,4)8(5,6)7;/h2*1-6H,(H,10,11);2*(H,5,6,7);/q;;;;+2/p-2. The minimum atomic E-state index is -6.09. The maximum atomic E-state index is 10.7. The monoisotopic (exact) mass is 643 g/mol. The van der Waals surface area contributed by atoms with Crippen molar-refractivity contribution in [2.45, 2.75) is 11.0 Å². The maximum Gasteiger partial charge on any atom is 2.00 e.